The van der Waals surface area contributed by atoms with Crippen LogP contribution in [0.1, 0.15) is 32.2 Å². The Morgan fingerprint density at radius 1 is 1.00 bits per heavy atom. The van der Waals surface area contributed by atoms with Gasteiger partial charge in [0.15, 0.2) is 0 Å². The first-order valence-electron chi connectivity index (χ1n) is 9.04. The van der Waals surface area contributed by atoms with E-state index < -0.39 is 0 Å². The van der Waals surface area contributed by atoms with Crippen molar-refractivity contribution >= 4 is 11.6 Å². The van der Waals surface area contributed by atoms with Crippen LogP contribution in [0.15, 0.2) is 36.4 Å². The number of rotatable bonds is 4. The topological polar surface area (TPSA) is 44.3 Å². The summed E-state index contributed by atoms with van der Waals surface area (Å²) in [6.45, 7) is 13.5. The van der Waals surface area contributed by atoms with Crippen LogP contribution in [-0.4, -0.2) is 46.6 Å². The number of hydrogen-bond donors (Lipinski definition) is 1. The van der Waals surface area contributed by atoms with Crippen molar-refractivity contribution in [1.82, 2.24) is 14.9 Å². The fourth-order valence-electron chi connectivity index (χ4n) is 3.14. The zero-order chi connectivity index (χ0) is 17.9. The number of anilines is 2. The van der Waals surface area contributed by atoms with Gasteiger partial charge in [-0.1, -0.05) is 30.3 Å². The van der Waals surface area contributed by atoms with E-state index in [0.29, 0.717) is 0 Å². The molecule has 0 atom stereocenters. The Balaban J connectivity index is 1.62. The van der Waals surface area contributed by atoms with Crippen molar-refractivity contribution in [3.63, 3.8) is 0 Å². The number of aromatic nitrogens is 2. The Morgan fingerprint density at radius 2 is 1.68 bits per heavy atom. The summed E-state index contributed by atoms with van der Waals surface area (Å²) >= 11 is 0. The van der Waals surface area contributed by atoms with E-state index in [0.717, 1.165) is 50.2 Å². The molecule has 2 aromatic rings. The van der Waals surface area contributed by atoms with Gasteiger partial charge in [0.1, 0.15) is 17.5 Å². The Hall–Kier alpha value is -2.14. The van der Waals surface area contributed by atoms with Gasteiger partial charge in [0, 0.05) is 44.3 Å². The third-order valence-electron chi connectivity index (χ3n) is 4.27. The smallest absolute Gasteiger partial charge is 0.134 e. The molecule has 25 heavy (non-hydrogen) atoms. The van der Waals surface area contributed by atoms with Crippen molar-refractivity contribution in [3.05, 3.63) is 47.8 Å². The molecule has 0 radical (unpaired) electrons. The molecule has 1 aliphatic heterocycles. The molecule has 1 fully saturated rings. The van der Waals surface area contributed by atoms with E-state index in [2.05, 4.69) is 82.3 Å². The Labute approximate surface area is 151 Å². The van der Waals surface area contributed by atoms with Crippen LogP contribution < -0.4 is 10.2 Å². The lowest BCUT2D eigenvalue weighted by molar-refractivity contribution is 0.249. The van der Waals surface area contributed by atoms with Crippen LogP contribution in [0.2, 0.25) is 0 Å². The normalized spacial score (nSPS) is 16.1. The molecule has 0 spiro atoms. The fraction of sp³-hybridized carbons (Fsp3) is 0.500. The SMILES string of the molecule is Cc1nc(NC(C)(C)C)cc(N2CCN(Cc3ccccc3)CC2)n1. The van der Waals surface area contributed by atoms with Crippen molar-refractivity contribution in [3.8, 4) is 0 Å². The summed E-state index contributed by atoms with van der Waals surface area (Å²) in [5, 5.41) is 3.45. The third kappa shape index (κ3) is 5.16. The molecule has 1 aliphatic rings. The van der Waals surface area contributed by atoms with Crippen LogP contribution >= 0.6 is 0 Å². The van der Waals surface area contributed by atoms with Gasteiger partial charge in [-0.3, -0.25) is 4.90 Å². The van der Waals surface area contributed by atoms with Gasteiger partial charge in [0.25, 0.3) is 0 Å². The van der Waals surface area contributed by atoms with E-state index in [-0.39, 0.29) is 5.54 Å². The third-order valence-corrected chi connectivity index (χ3v) is 4.27. The van der Waals surface area contributed by atoms with Crippen molar-refractivity contribution in [1.29, 1.82) is 0 Å². The molecule has 1 aromatic heterocycles. The number of hydrogen-bond acceptors (Lipinski definition) is 5. The minimum Gasteiger partial charge on any atom is -0.365 e. The molecule has 0 amide bonds. The van der Waals surface area contributed by atoms with Crippen molar-refractivity contribution < 1.29 is 0 Å². The highest BCUT2D eigenvalue weighted by Gasteiger charge is 2.20. The van der Waals surface area contributed by atoms with E-state index >= 15 is 0 Å². The minimum absolute atomic E-state index is 0.00750. The van der Waals surface area contributed by atoms with E-state index in [1.54, 1.807) is 0 Å². The second kappa shape index (κ2) is 7.40. The Morgan fingerprint density at radius 3 is 2.32 bits per heavy atom. The van der Waals surface area contributed by atoms with Crippen LogP contribution in [0, 0.1) is 6.92 Å². The lowest BCUT2D eigenvalue weighted by Crippen LogP contribution is -2.46. The molecule has 1 saturated heterocycles. The average molecular weight is 339 g/mol. The number of nitrogens with zero attached hydrogens (tertiary/aromatic N) is 4. The van der Waals surface area contributed by atoms with Gasteiger partial charge in [-0.2, -0.15) is 0 Å². The zero-order valence-corrected chi connectivity index (χ0v) is 15.8. The average Bonchev–Trinajstić information content (AvgIpc) is 2.54. The standard InChI is InChI=1S/C20H29N5/c1-16-21-18(23-20(2,3)4)14-19(22-16)25-12-10-24(11-13-25)15-17-8-6-5-7-9-17/h5-9,14H,10-13,15H2,1-4H3,(H,21,22,23). The van der Waals surface area contributed by atoms with Gasteiger partial charge in [0.2, 0.25) is 0 Å². The van der Waals surface area contributed by atoms with Gasteiger partial charge in [-0.05, 0) is 33.3 Å². The number of nitrogens with one attached hydrogen (secondary N) is 1. The summed E-state index contributed by atoms with van der Waals surface area (Å²) in [6, 6.07) is 12.8. The molecule has 2 heterocycles. The van der Waals surface area contributed by atoms with E-state index in [1.165, 1.54) is 5.56 Å². The van der Waals surface area contributed by atoms with Crippen LogP contribution in [0.5, 0.6) is 0 Å². The molecule has 1 N–H and O–H groups in total. The van der Waals surface area contributed by atoms with Gasteiger partial charge in [0.05, 0.1) is 0 Å². The lowest BCUT2D eigenvalue weighted by atomic mass is 10.1. The molecular formula is C20H29N5. The summed E-state index contributed by atoms with van der Waals surface area (Å²) in [4.78, 5) is 14.1. The summed E-state index contributed by atoms with van der Waals surface area (Å²) in [5.74, 6) is 2.75. The molecule has 0 bridgehead atoms. The highest BCUT2D eigenvalue weighted by molar-refractivity contribution is 5.50. The van der Waals surface area contributed by atoms with Crippen molar-refractivity contribution in [2.45, 2.75) is 39.8 Å². The summed E-state index contributed by atoms with van der Waals surface area (Å²) in [7, 11) is 0. The summed E-state index contributed by atoms with van der Waals surface area (Å²) in [5.41, 5.74) is 1.37. The predicted octanol–water partition coefficient (Wildman–Crippen LogP) is 3.32. The first kappa shape index (κ1) is 17.7. The molecule has 5 nitrogen and oxygen atoms in total. The number of piperazine rings is 1. The van der Waals surface area contributed by atoms with Crippen molar-refractivity contribution in [2.75, 3.05) is 36.4 Å². The van der Waals surface area contributed by atoms with Crippen LogP contribution in [0.4, 0.5) is 11.6 Å². The lowest BCUT2D eigenvalue weighted by Gasteiger charge is -2.35. The highest BCUT2D eigenvalue weighted by atomic mass is 15.3. The predicted molar refractivity (Wildman–Crippen MR) is 104 cm³/mol. The first-order chi connectivity index (χ1) is 11.9. The monoisotopic (exact) mass is 339 g/mol. The molecule has 3 rings (SSSR count). The maximum absolute atomic E-state index is 4.65. The maximum atomic E-state index is 4.65. The molecule has 0 unspecified atom stereocenters. The quantitative estimate of drug-likeness (QED) is 0.926. The highest BCUT2D eigenvalue weighted by Crippen LogP contribution is 2.20. The fourth-order valence-corrected chi connectivity index (χ4v) is 3.14. The van der Waals surface area contributed by atoms with Gasteiger partial charge >= 0.3 is 0 Å². The summed E-state index contributed by atoms with van der Waals surface area (Å²) in [6.07, 6.45) is 0. The largest absolute Gasteiger partial charge is 0.365 e. The van der Waals surface area contributed by atoms with E-state index in [1.807, 2.05) is 6.92 Å². The minimum atomic E-state index is -0.00750. The number of benzene rings is 1. The van der Waals surface area contributed by atoms with Gasteiger partial charge in [-0.15, -0.1) is 0 Å². The maximum Gasteiger partial charge on any atom is 0.134 e. The molecular weight excluding hydrogens is 310 g/mol. The Kier molecular flexibility index (Phi) is 5.23. The molecule has 0 saturated carbocycles. The zero-order valence-electron chi connectivity index (χ0n) is 15.8. The van der Waals surface area contributed by atoms with Gasteiger partial charge < -0.3 is 10.2 Å². The van der Waals surface area contributed by atoms with Crippen LogP contribution in [-0.2, 0) is 6.54 Å². The number of aryl methyl sites for hydroxylation is 1. The van der Waals surface area contributed by atoms with Gasteiger partial charge in [-0.25, -0.2) is 9.97 Å². The molecule has 1 aromatic carbocycles. The second-order valence-electron chi connectivity index (χ2n) is 7.78. The molecule has 0 aliphatic carbocycles. The molecule has 5 heteroatoms. The van der Waals surface area contributed by atoms with Crippen LogP contribution in [0.25, 0.3) is 0 Å². The van der Waals surface area contributed by atoms with Crippen molar-refractivity contribution in [2.24, 2.45) is 0 Å². The Bertz CT molecular complexity index is 685. The second-order valence-corrected chi connectivity index (χ2v) is 7.78. The van der Waals surface area contributed by atoms with E-state index in [9.17, 15) is 0 Å². The first-order valence-corrected chi connectivity index (χ1v) is 9.04. The van der Waals surface area contributed by atoms with Crippen LogP contribution in [0.3, 0.4) is 0 Å². The van der Waals surface area contributed by atoms with E-state index in [4.69, 9.17) is 0 Å². The summed E-state index contributed by atoms with van der Waals surface area (Å²) < 4.78 is 0. The molecule has 134 valence electrons.